The third kappa shape index (κ3) is 8.16. The first kappa shape index (κ1) is 25.2. The van der Waals surface area contributed by atoms with Gasteiger partial charge in [0, 0.05) is 31.9 Å². The van der Waals surface area contributed by atoms with E-state index in [1.165, 1.54) is 12.1 Å². The Morgan fingerprint density at radius 3 is 2.06 bits per heavy atom. The molecule has 3 rings (SSSR count). The molecule has 1 unspecified atom stereocenters. The molecule has 13 heteroatoms. The number of benzene rings is 1. The van der Waals surface area contributed by atoms with Crippen LogP contribution in [0.25, 0.3) is 0 Å². The summed E-state index contributed by atoms with van der Waals surface area (Å²) in [6.45, 7) is 4.26. The van der Waals surface area contributed by atoms with E-state index < -0.39 is 21.7 Å². The van der Waals surface area contributed by atoms with Gasteiger partial charge in [-0.05, 0) is 37.6 Å². The van der Waals surface area contributed by atoms with E-state index in [-0.39, 0.29) is 42.2 Å². The normalized spacial score (nSPS) is 23.8. The lowest BCUT2D eigenvalue weighted by Crippen LogP contribution is -2.54. The second-order valence-electron chi connectivity index (χ2n) is 8.62. The van der Waals surface area contributed by atoms with Gasteiger partial charge < -0.3 is 15.4 Å². The topological polar surface area (TPSA) is 108 Å². The lowest BCUT2D eigenvalue weighted by molar-refractivity contribution is -0.274. The summed E-state index contributed by atoms with van der Waals surface area (Å²) in [7, 11) is -3.11. The van der Waals surface area contributed by atoms with Crippen LogP contribution in [0.2, 0.25) is 0 Å². The second-order valence-corrected chi connectivity index (χ2v) is 10.8. The zero-order valence-corrected chi connectivity index (χ0v) is 19.0. The quantitative estimate of drug-likeness (QED) is 0.581. The molecular weight excluding hydrogens is 465 g/mol. The number of hydrogen-bond acceptors (Lipinski definition) is 7. The predicted octanol–water partition coefficient (Wildman–Crippen LogP) is 0.835. The van der Waals surface area contributed by atoms with Gasteiger partial charge in [0.15, 0.2) is 9.84 Å². The van der Waals surface area contributed by atoms with E-state index >= 15 is 0 Å². The third-order valence-electron chi connectivity index (χ3n) is 5.52. The SMILES string of the molecule is CC1(NC(=O)CN2CCN(CC(=O)Nc3ccc(OC(F)(F)F)cc3)CC2)CCS(=O)(=O)C1. The van der Waals surface area contributed by atoms with Gasteiger partial charge in [-0.2, -0.15) is 0 Å². The monoisotopic (exact) mass is 492 g/mol. The van der Waals surface area contributed by atoms with Gasteiger partial charge in [-0.15, -0.1) is 13.2 Å². The Kier molecular flexibility index (Phi) is 7.54. The van der Waals surface area contributed by atoms with E-state index in [9.17, 15) is 31.2 Å². The maximum absolute atomic E-state index is 12.3. The summed E-state index contributed by atoms with van der Waals surface area (Å²) in [5, 5.41) is 5.47. The molecule has 33 heavy (non-hydrogen) atoms. The first-order valence-corrected chi connectivity index (χ1v) is 12.2. The van der Waals surface area contributed by atoms with E-state index in [0.29, 0.717) is 38.3 Å². The molecule has 2 saturated heterocycles. The fraction of sp³-hybridized carbons (Fsp3) is 0.600. The van der Waals surface area contributed by atoms with Gasteiger partial charge in [0.1, 0.15) is 5.75 Å². The van der Waals surface area contributed by atoms with Crippen LogP contribution in [0.4, 0.5) is 18.9 Å². The number of nitrogens with one attached hydrogen (secondary N) is 2. The van der Waals surface area contributed by atoms with Crippen molar-refractivity contribution in [2.45, 2.75) is 25.2 Å². The summed E-state index contributed by atoms with van der Waals surface area (Å²) >= 11 is 0. The largest absolute Gasteiger partial charge is 0.573 e. The van der Waals surface area contributed by atoms with Crippen LogP contribution in [0.3, 0.4) is 0 Å². The van der Waals surface area contributed by atoms with E-state index in [4.69, 9.17) is 0 Å². The number of halogens is 3. The Morgan fingerprint density at radius 1 is 1.03 bits per heavy atom. The van der Waals surface area contributed by atoms with Crippen LogP contribution in [-0.4, -0.2) is 92.7 Å². The number of carbonyl (C=O) groups is 2. The van der Waals surface area contributed by atoms with Gasteiger partial charge in [-0.25, -0.2) is 8.42 Å². The lowest BCUT2D eigenvalue weighted by atomic mass is 10.0. The van der Waals surface area contributed by atoms with Crippen LogP contribution in [0, 0.1) is 0 Å². The van der Waals surface area contributed by atoms with Crippen LogP contribution in [0.15, 0.2) is 24.3 Å². The van der Waals surface area contributed by atoms with Crippen LogP contribution >= 0.6 is 0 Å². The third-order valence-corrected chi connectivity index (χ3v) is 7.42. The molecule has 2 N–H and O–H groups in total. The molecule has 0 bridgehead atoms. The van der Waals surface area contributed by atoms with Gasteiger partial charge in [0.05, 0.1) is 30.1 Å². The molecule has 2 heterocycles. The maximum atomic E-state index is 12.3. The van der Waals surface area contributed by atoms with Crippen LogP contribution in [0.5, 0.6) is 5.75 Å². The molecule has 0 saturated carbocycles. The molecule has 2 aliphatic rings. The number of anilines is 1. The Balaban J connectivity index is 1.37. The predicted molar refractivity (Wildman–Crippen MR) is 114 cm³/mol. The zero-order valence-electron chi connectivity index (χ0n) is 18.2. The first-order chi connectivity index (χ1) is 15.3. The molecule has 0 spiro atoms. The first-order valence-electron chi connectivity index (χ1n) is 10.4. The standard InChI is InChI=1S/C20H27F3N4O5S/c1-19(6-11-33(30,31)14-19)25-18(29)13-27-9-7-26(8-10-27)12-17(28)24-15-2-4-16(5-3-15)32-20(21,22)23/h2-5H,6-14H2,1H3,(H,24,28)(H,25,29). The fourth-order valence-corrected chi connectivity index (χ4v) is 6.03. The van der Waals surface area contributed by atoms with Gasteiger partial charge >= 0.3 is 6.36 Å². The van der Waals surface area contributed by atoms with E-state index in [1.54, 1.807) is 6.92 Å². The van der Waals surface area contributed by atoms with E-state index in [1.807, 2.05) is 9.80 Å². The molecule has 2 aliphatic heterocycles. The van der Waals surface area contributed by atoms with Gasteiger partial charge in [-0.1, -0.05) is 0 Å². The molecule has 2 fully saturated rings. The molecule has 9 nitrogen and oxygen atoms in total. The summed E-state index contributed by atoms with van der Waals surface area (Å²) in [5.74, 6) is -0.869. The highest BCUT2D eigenvalue weighted by Gasteiger charge is 2.39. The van der Waals surface area contributed by atoms with Crippen molar-refractivity contribution >= 4 is 27.3 Å². The Bertz CT molecular complexity index is 963. The highest BCUT2D eigenvalue weighted by molar-refractivity contribution is 7.91. The van der Waals surface area contributed by atoms with Crippen molar-refractivity contribution in [1.29, 1.82) is 0 Å². The highest BCUT2D eigenvalue weighted by atomic mass is 32.2. The van der Waals surface area contributed by atoms with Crippen molar-refractivity contribution in [1.82, 2.24) is 15.1 Å². The van der Waals surface area contributed by atoms with E-state index in [2.05, 4.69) is 15.4 Å². The van der Waals surface area contributed by atoms with Crippen molar-refractivity contribution < 1.29 is 35.9 Å². The molecule has 1 atom stereocenters. The smallest absolute Gasteiger partial charge is 0.406 e. The van der Waals surface area contributed by atoms with Crippen molar-refractivity contribution in [2.75, 3.05) is 56.1 Å². The molecule has 1 aromatic rings. The number of piperazine rings is 1. The summed E-state index contributed by atoms with van der Waals surface area (Å²) < 4.78 is 63.7. The molecule has 2 amide bonds. The number of alkyl halides is 3. The molecule has 0 aromatic heterocycles. The summed E-state index contributed by atoms with van der Waals surface area (Å²) in [6.07, 6.45) is -4.37. The number of sulfone groups is 1. The number of carbonyl (C=O) groups excluding carboxylic acids is 2. The maximum Gasteiger partial charge on any atom is 0.573 e. The fourth-order valence-electron chi connectivity index (χ4n) is 3.94. The van der Waals surface area contributed by atoms with Crippen molar-refractivity contribution in [3.8, 4) is 5.75 Å². The van der Waals surface area contributed by atoms with Crippen molar-refractivity contribution in [3.63, 3.8) is 0 Å². The Labute approximate surface area is 190 Å². The number of ether oxygens (including phenoxy) is 1. The average Bonchev–Trinajstić information content (AvgIpc) is 2.96. The Hall–Kier alpha value is -2.38. The average molecular weight is 493 g/mol. The number of hydrogen-bond donors (Lipinski definition) is 2. The van der Waals surface area contributed by atoms with Crippen LogP contribution < -0.4 is 15.4 Å². The Morgan fingerprint density at radius 2 is 1.58 bits per heavy atom. The van der Waals surface area contributed by atoms with Gasteiger partial charge in [-0.3, -0.25) is 19.4 Å². The van der Waals surface area contributed by atoms with Crippen LogP contribution in [-0.2, 0) is 19.4 Å². The minimum Gasteiger partial charge on any atom is -0.406 e. The lowest BCUT2D eigenvalue weighted by Gasteiger charge is -2.34. The molecule has 1 aromatic carbocycles. The minimum absolute atomic E-state index is 0.0489. The molecule has 184 valence electrons. The van der Waals surface area contributed by atoms with Crippen molar-refractivity contribution in [3.05, 3.63) is 24.3 Å². The molecule has 0 aliphatic carbocycles. The van der Waals surface area contributed by atoms with Gasteiger partial charge in [0.25, 0.3) is 0 Å². The summed E-state index contributed by atoms with van der Waals surface area (Å²) in [4.78, 5) is 28.4. The highest BCUT2D eigenvalue weighted by Crippen LogP contribution is 2.24. The molecule has 0 radical (unpaired) electrons. The number of amides is 2. The second kappa shape index (κ2) is 9.85. The number of rotatable bonds is 7. The van der Waals surface area contributed by atoms with Crippen LogP contribution in [0.1, 0.15) is 13.3 Å². The zero-order chi connectivity index (χ0) is 24.3. The molecular formula is C20H27F3N4O5S. The number of nitrogens with zero attached hydrogens (tertiary/aromatic N) is 2. The summed E-state index contributed by atoms with van der Waals surface area (Å²) in [6, 6.07) is 4.89. The minimum atomic E-state index is -4.78. The summed E-state index contributed by atoms with van der Waals surface area (Å²) in [5.41, 5.74) is -0.375. The van der Waals surface area contributed by atoms with E-state index in [0.717, 1.165) is 12.1 Å². The van der Waals surface area contributed by atoms with Crippen molar-refractivity contribution in [2.24, 2.45) is 0 Å². The van der Waals surface area contributed by atoms with Gasteiger partial charge in [0.2, 0.25) is 11.8 Å².